The number of urea groups is 1. The van der Waals surface area contributed by atoms with Crippen LogP contribution in [0.15, 0.2) is 53.0 Å². The Morgan fingerprint density at radius 2 is 1.88 bits per heavy atom. The predicted molar refractivity (Wildman–Crippen MR) is 98.4 cm³/mol. The van der Waals surface area contributed by atoms with Gasteiger partial charge in [0.25, 0.3) is 5.91 Å². The third kappa shape index (κ3) is 3.22. The molecule has 0 radical (unpaired) electrons. The first-order chi connectivity index (χ1) is 12.3. The predicted octanol–water partition coefficient (Wildman–Crippen LogP) is 3.20. The second-order valence-corrected chi connectivity index (χ2v) is 7.06. The second kappa shape index (κ2) is 6.92. The smallest absolute Gasteiger partial charge is 0.337 e. The van der Waals surface area contributed by atoms with Gasteiger partial charge in [0.05, 0.1) is 19.2 Å². The molecule has 2 aromatic rings. The number of carbonyl (C=O) groups excluding carboxylic acids is 3. The van der Waals surface area contributed by atoms with Crippen LogP contribution in [0, 0.1) is 0 Å². The summed E-state index contributed by atoms with van der Waals surface area (Å²) in [5, 5.41) is 2.78. The van der Waals surface area contributed by atoms with Crippen molar-refractivity contribution >= 4 is 33.8 Å². The summed E-state index contributed by atoms with van der Waals surface area (Å²) >= 11 is 3.39. The number of amides is 3. The number of rotatable bonds is 4. The Labute approximate surface area is 159 Å². The van der Waals surface area contributed by atoms with Crippen molar-refractivity contribution < 1.29 is 19.1 Å². The van der Waals surface area contributed by atoms with Gasteiger partial charge in [-0.15, -0.1) is 0 Å². The van der Waals surface area contributed by atoms with E-state index in [0.29, 0.717) is 11.1 Å². The number of ether oxygens (including phenoxy) is 1. The molecule has 1 N–H and O–H groups in total. The Bertz CT molecular complexity index is 881. The number of carbonyl (C=O) groups is 3. The van der Waals surface area contributed by atoms with E-state index in [9.17, 15) is 14.4 Å². The summed E-state index contributed by atoms with van der Waals surface area (Å²) in [5.41, 5.74) is 0.730. The van der Waals surface area contributed by atoms with Gasteiger partial charge in [0.2, 0.25) is 0 Å². The minimum atomic E-state index is -1.12. The van der Waals surface area contributed by atoms with Gasteiger partial charge in [-0.05, 0) is 42.3 Å². The summed E-state index contributed by atoms with van der Waals surface area (Å²) in [5.74, 6) is -0.758. The molecule has 1 aliphatic heterocycles. The van der Waals surface area contributed by atoms with Crippen LogP contribution < -0.4 is 5.32 Å². The molecule has 7 heteroatoms. The number of nitrogens with zero attached hydrogens (tertiary/aromatic N) is 1. The zero-order chi connectivity index (χ0) is 18.9. The van der Waals surface area contributed by atoms with E-state index >= 15 is 0 Å². The van der Waals surface area contributed by atoms with Crippen molar-refractivity contribution in [1.82, 2.24) is 10.2 Å². The molecule has 3 amide bonds. The fourth-order valence-corrected chi connectivity index (χ4v) is 3.28. The largest absolute Gasteiger partial charge is 0.465 e. The molecule has 0 saturated carbocycles. The Kier molecular flexibility index (Phi) is 4.82. The number of methoxy groups -OCH3 is 1. The Hall–Kier alpha value is -2.67. The Morgan fingerprint density at radius 3 is 2.50 bits per heavy atom. The van der Waals surface area contributed by atoms with Crippen molar-refractivity contribution in [2.75, 3.05) is 7.11 Å². The Balaban J connectivity index is 1.82. The lowest BCUT2D eigenvalue weighted by atomic mass is 9.92. The van der Waals surface area contributed by atoms with Crippen LogP contribution >= 0.6 is 15.9 Å². The van der Waals surface area contributed by atoms with Crippen LogP contribution in [-0.2, 0) is 21.6 Å². The number of esters is 1. The first kappa shape index (κ1) is 18.1. The van der Waals surface area contributed by atoms with Gasteiger partial charge in [0.15, 0.2) is 0 Å². The minimum Gasteiger partial charge on any atom is -0.465 e. The third-order valence-electron chi connectivity index (χ3n) is 4.39. The summed E-state index contributed by atoms with van der Waals surface area (Å²) < 4.78 is 5.49. The number of nitrogens with one attached hydrogen (secondary N) is 1. The van der Waals surface area contributed by atoms with E-state index in [2.05, 4.69) is 26.0 Å². The standard InChI is InChI=1S/C19H17BrN2O4/c1-19(14-4-3-5-15(20)10-14)17(24)22(18(25)21-19)11-12-6-8-13(9-7-12)16(23)26-2/h3-10H,11H2,1-2H3,(H,21,25)/t19-/m0/s1. The average molecular weight is 417 g/mol. The van der Waals surface area contributed by atoms with E-state index in [-0.39, 0.29) is 12.5 Å². The summed E-state index contributed by atoms with van der Waals surface area (Å²) in [4.78, 5) is 38.0. The van der Waals surface area contributed by atoms with E-state index in [1.54, 1.807) is 37.3 Å². The molecule has 1 atom stereocenters. The summed E-state index contributed by atoms with van der Waals surface area (Å²) in [6.45, 7) is 1.81. The summed E-state index contributed by atoms with van der Waals surface area (Å²) in [7, 11) is 1.31. The highest BCUT2D eigenvalue weighted by atomic mass is 79.9. The molecule has 1 heterocycles. The minimum absolute atomic E-state index is 0.121. The molecule has 0 bridgehead atoms. The van der Waals surface area contributed by atoms with Gasteiger partial charge in [-0.25, -0.2) is 9.59 Å². The van der Waals surface area contributed by atoms with Crippen LogP contribution in [0.3, 0.4) is 0 Å². The van der Waals surface area contributed by atoms with Crippen LogP contribution in [0.25, 0.3) is 0 Å². The van der Waals surface area contributed by atoms with Crippen molar-refractivity contribution in [3.05, 3.63) is 69.7 Å². The molecule has 0 unspecified atom stereocenters. The molecule has 0 aliphatic carbocycles. The summed E-state index contributed by atoms with van der Waals surface area (Å²) in [6.07, 6.45) is 0. The quantitative estimate of drug-likeness (QED) is 0.613. The van der Waals surface area contributed by atoms with Crippen LogP contribution in [-0.4, -0.2) is 29.9 Å². The number of imide groups is 1. The van der Waals surface area contributed by atoms with E-state index in [1.165, 1.54) is 12.0 Å². The lowest BCUT2D eigenvalue weighted by Crippen LogP contribution is -2.40. The van der Waals surface area contributed by atoms with E-state index in [1.807, 2.05) is 18.2 Å². The fourth-order valence-electron chi connectivity index (χ4n) is 2.88. The maximum absolute atomic E-state index is 12.9. The van der Waals surface area contributed by atoms with Crippen molar-refractivity contribution in [1.29, 1.82) is 0 Å². The van der Waals surface area contributed by atoms with Crippen LogP contribution in [0.5, 0.6) is 0 Å². The molecule has 0 spiro atoms. The highest BCUT2D eigenvalue weighted by molar-refractivity contribution is 9.10. The number of hydrogen-bond acceptors (Lipinski definition) is 4. The van der Waals surface area contributed by atoms with Crippen LogP contribution in [0.2, 0.25) is 0 Å². The SMILES string of the molecule is COC(=O)c1ccc(CN2C(=O)N[C@@](C)(c3cccc(Br)c3)C2=O)cc1. The molecule has 3 rings (SSSR count). The topological polar surface area (TPSA) is 75.7 Å². The van der Waals surface area contributed by atoms with E-state index in [0.717, 1.165) is 10.0 Å². The number of halogens is 1. The molecular formula is C19H17BrN2O4. The van der Waals surface area contributed by atoms with Crippen LogP contribution in [0.4, 0.5) is 4.79 Å². The average Bonchev–Trinajstić information content (AvgIpc) is 2.86. The number of hydrogen-bond donors (Lipinski definition) is 1. The first-order valence-electron chi connectivity index (χ1n) is 7.92. The van der Waals surface area contributed by atoms with Crippen molar-refractivity contribution in [2.24, 2.45) is 0 Å². The fraction of sp³-hybridized carbons (Fsp3) is 0.211. The maximum Gasteiger partial charge on any atom is 0.337 e. The van der Waals surface area contributed by atoms with Gasteiger partial charge in [-0.3, -0.25) is 9.69 Å². The molecule has 1 saturated heterocycles. The molecule has 26 heavy (non-hydrogen) atoms. The summed E-state index contributed by atoms with van der Waals surface area (Å²) in [6, 6.07) is 13.4. The number of benzene rings is 2. The molecule has 1 fully saturated rings. The molecule has 0 aromatic heterocycles. The van der Waals surface area contributed by atoms with Gasteiger partial charge in [0.1, 0.15) is 5.54 Å². The van der Waals surface area contributed by atoms with E-state index < -0.39 is 17.5 Å². The van der Waals surface area contributed by atoms with Gasteiger partial charge in [-0.2, -0.15) is 0 Å². The highest BCUT2D eigenvalue weighted by Gasteiger charge is 2.48. The second-order valence-electron chi connectivity index (χ2n) is 6.15. The first-order valence-corrected chi connectivity index (χ1v) is 8.72. The monoisotopic (exact) mass is 416 g/mol. The molecule has 134 valence electrons. The third-order valence-corrected chi connectivity index (χ3v) is 4.89. The van der Waals surface area contributed by atoms with Gasteiger partial charge >= 0.3 is 12.0 Å². The van der Waals surface area contributed by atoms with Crippen molar-refractivity contribution in [3.8, 4) is 0 Å². The molecule has 1 aliphatic rings. The van der Waals surface area contributed by atoms with Crippen LogP contribution in [0.1, 0.15) is 28.4 Å². The van der Waals surface area contributed by atoms with Gasteiger partial charge < -0.3 is 10.1 Å². The van der Waals surface area contributed by atoms with Gasteiger partial charge in [0, 0.05) is 4.47 Å². The van der Waals surface area contributed by atoms with Crippen molar-refractivity contribution in [3.63, 3.8) is 0 Å². The highest BCUT2D eigenvalue weighted by Crippen LogP contribution is 2.31. The maximum atomic E-state index is 12.9. The normalized spacial score (nSPS) is 19.4. The molecule has 2 aromatic carbocycles. The molecule has 6 nitrogen and oxygen atoms in total. The lowest BCUT2D eigenvalue weighted by Gasteiger charge is -2.22. The van der Waals surface area contributed by atoms with Gasteiger partial charge in [-0.1, -0.05) is 40.2 Å². The van der Waals surface area contributed by atoms with Crippen molar-refractivity contribution in [2.45, 2.75) is 19.0 Å². The lowest BCUT2D eigenvalue weighted by molar-refractivity contribution is -0.131. The zero-order valence-corrected chi connectivity index (χ0v) is 15.9. The Morgan fingerprint density at radius 1 is 1.19 bits per heavy atom. The zero-order valence-electron chi connectivity index (χ0n) is 14.3. The molecular weight excluding hydrogens is 400 g/mol. The van der Waals surface area contributed by atoms with E-state index in [4.69, 9.17) is 0 Å².